The maximum atomic E-state index is 12.8. The second-order valence-electron chi connectivity index (χ2n) is 3.09. The summed E-state index contributed by atoms with van der Waals surface area (Å²) in [6.07, 6.45) is 2.41. The summed E-state index contributed by atoms with van der Waals surface area (Å²) in [5.41, 5.74) is 1.32. The zero-order valence-corrected chi connectivity index (χ0v) is 9.74. The molecule has 0 amide bonds. The fourth-order valence-corrected chi connectivity index (χ4v) is 1.69. The lowest BCUT2D eigenvalue weighted by molar-refractivity contribution is 0.447. The lowest BCUT2D eigenvalue weighted by atomic mass is 10.1. The van der Waals surface area contributed by atoms with Gasteiger partial charge in [-0.3, -0.25) is 0 Å². The highest BCUT2D eigenvalue weighted by Crippen LogP contribution is 2.17. The summed E-state index contributed by atoms with van der Waals surface area (Å²) < 4.78 is 38.3. The van der Waals surface area contributed by atoms with Crippen LogP contribution in [-0.2, 0) is 0 Å². The summed E-state index contributed by atoms with van der Waals surface area (Å²) in [6.45, 7) is 1.93. The van der Waals surface area contributed by atoms with Crippen molar-refractivity contribution in [3.05, 3.63) is 40.7 Å². The predicted molar refractivity (Wildman–Crippen MR) is 58.4 cm³/mol. The zero-order chi connectivity index (χ0) is 11.4. The second kappa shape index (κ2) is 5.35. The van der Waals surface area contributed by atoms with Gasteiger partial charge in [-0.25, -0.2) is 13.2 Å². The van der Waals surface area contributed by atoms with Crippen LogP contribution in [0.3, 0.4) is 0 Å². The molecule has 1 aromatic carbocycles. The van der Waals surface area contributed by atoms with Crippen LogP contribution in [0.2, 0.25) is 0 Å². The largest absolute Gasteiger partial charge is 0.204 e. The number of halogens is 4. The maximum absolute atomic E-state index is 12.8. The Hall–Kier alpha value is -0.770. The zero-order valence-electron chi connectivity index (χ0n) is 8.16. The van der Waals surface area contributed by atoms with Gasteiger partial charge in [-0.15, -0.1) is 0 Å². The minimum Gasteiger partial charge on any atom is -0.204 e. The van der Waals surface area contributed by atoms with Crippen molar-refractivity contribution in [1.29, 1.82) is 0 Å². The molecule has 0 unspecified atom stereocenters. The van der Waals surface area contributed by atoms with Gasteiger partial charge in [0.05, 0.1) is 0 Å². The Morgan fingerprint density at radius 2 is 1.80 bits per heavy atom. The molecule has 0 bridgehead atoms. The number of allylic oxidation sites excluding steroid dienone is 1. The van der Waals surface area contributed by atoms with E-state index in [4.69, 9.17) is 0 Å². The summed E-state index contributed by atoms with van der Waals surface area (Å²) in [7, 11) is 0. The van der Waals surface area contributed by atoms with E-state index in [1.165, 1.54) is 0 Å². The Labute approximate surface area is 94.9 Å². The number of hydrogen-bond acceptors (Lipinski definition) is 0. The normalized spacial score (nSPS) is 11.9. The van der Waals surface area contributed by atoms with Crippen LogP contribution in [0.1, 0.15) is 18.9 Å². The number of alkyl halides is 1. The number of benzene rings is 1. The first-order chi connectivity index (χ1) is 7.08. The molecule has 0 fully saturated rings. The molecule has 1 rings (SSSR count). The monoisotopic (exact) mass is 278 g/mol. The average molecular weight is 279 g/mol. The van der Waals surface area contributed by atoms with Crippen LogP contribution in [0.25, 0.3) is 6.08 Å². The molecule has 0 aromatic heterocycles. The molecule has 4 heteroatoms. The maximum Gasteiger partial charge on any atom is 0.194 e. The second-order valence-corrected chi connectivity index (χ2v) is 3.65. The minimum absolute atomic E-state index is 0.336. The SMILES string of the molecule is CCC(=Cc1cc(F)c(F)c(F)c1)CBr. The third-order valence-corrected chi connectivity index (χ3v) is 2.72. The lowest BCUT2D eigenvalue weighted by Gasteiger charge is -2.01. The van der Waals surface area contributed by atoms with Gasteiger partial charge in [0.15, 0.2) is 17.5 Å². The average Bonchev–Trinajstić information content (AvgIpc) is 2.22. The van der Waals surface area contributed by atoms with Crippen molar-refractivity contribution >= 4 is 22.0 Å². The highest BCUT2D eigenvalue weighted by molar-refractivity contribution is 9.09. The molecule has 15 heavy (non-hydrogen) atoms. The Morgan fingerprint density at radius 1 is 1.27 bits per heavy atom. The third-order valence-electron chi connectivity index (χ3n) is 2.00. The van der Waals surface area contributed by atoms with E-state index in [9.17, 15) is 13.2 Å². The summed E-state index contributed by atoms with van der Waals surface area (Å²) in [6, 6.07) is 1.97. The van der Waals surface area contributed by atoms with E-state index in [1.54, 1.807) is 6.08 Å². The molecule has 0 aliphatic rings. The Kier molecular flexibility index (Phi) is 4.39. The molecular weight excluding hydrogens is 269 g/mol. The van der Waals surface area contributed by atoms with Crippen molar-refractivity contribution in [3.63, 3.8) is 0 Å². The minimum atomic E-state index is -1.43. The molecule has 1 aromatic rings. The van der Waals surface area contributed by atoms with Gasteiger partial charge >= 0.3 is 0 Å². The third kappa shape index (κ3) is 3.09. The van der Waals surface area contributed by atoms with Crippen molar-refractivity contribution in [3.8, 4) is 0 Å². The molecule has 0 aliphatic heterocycles. The quantitative estimate of drug-likeness (QED) is 0.572. The number of hydrogen-bond donors (Lipinski definition) is 0. The summed E-state index contributed by atoms with van der Waals surface area (Å²) >= 11 is 3.26. The van der Waals surface area contributed by atoms with Crippen LogP contribution in [0.5, 0.6) is 0 Å². The smallest absolute Gasteiger partial charge is 0.194 e. The first kappa shape index (κ1) is 12.3. The fraction of sp³-hybridized carbons (Fsp3) is 0.273. The molecule has 0 saturated carbocycles. The van der Waals surface area contributed by atoms with E-state index < -0.39 is 17.5 Å². The van der Waals surface area contributed by atoms with Crippen LogP contribution in [-0.4, -0.2) is 5.33 Å². The van der Waals surface area contributed by atoms with Gasteiger partial charge in [0.1, 0.15) is 0 Å². The molecule has 0 spiro atoms. The van der Waals surface area contributed by atoms with Gasteiger partial charge in [0.2, 0.25) is 0 Å². The summed E-state index contributed by atoms with van der Waals surface area (Å²) in [4.78, 5) is 0. The Balaban J connectivity index is 3.11. The van der Waals surface area contributed by atoms with E-state index in [1.807, 2.05) is 6.92 Å². The lowest BCUT2D eigenvalue weighted by Crippen LogP contribution is -1.92. The summed E-state index contributed by atoms with van der Waals surface area (Å²) in [5, 5.41) is 0.629. The Morgan fingerprint density at radius 3 is 2.20 bits per heavy atom. The first-order valence-electron chi connectivity index (χ1n) is 4.48. The van der Waals surface area contributed by atoms with Gasteiger partial charge < -0.3 is 0 Å². The van der Waals surface area contributed by atoms with Crippen molar-refractivity contribution in [2.24, 2.45) is 0 Å². The highest BCUT2D eigenvalue weighted by atomic mass is 79.9. The van der Waals surface area contributed by atoms with Crippen LogP contribution >= 0.6 is 15.9 Å². The van der Waals surface area contributed by atoms with Gasteiger partial charge in [-0.05, 0) is 24.1 Å². The van der Waals surface area contributed by atoms with Crippen molar-refractivity contribution in [1.82, 2.24) is 0 Å². The first-order valence-corrected chi connectivity index (χ1v) is 5.60. The molecule has 0 aliphatic carbocycles. The van der Waals surface area contributed by atoms with Crippen LogP contribution in [0, 0.1) is 17.5 Å². The van der Waals surface area contributed by atoms with Gasteiger partial charge in [-0.1, -0.05) is 34.5 Å². The molecule has 0 N–H and O–H groups in total. The van der Waals surface area contributed by atoms with E-state index in [0.717, 1.165) is 24.1 Å². The molecule has 0 nitrogen and oxygen atoms in total. The molecule has 0 heterocycles. The summed E-state index contributed by atoms with van der Waals surface area (Å²) in [5.74, 6) is -3.75. The van der Waals surface area contributed by atoms with E-state index in [-0.39, 0.29) is 0 Å². The highest BCUT2D eigenvalue weighted by Gasteiger charge is 2.09. The van der Waals surface area contributed by atoms with E-state index in [2.05, 4.69) is 15.9 Å². The molecular formula is C11H10BrF3. The fourth-order valence-electron chi connectivity index (χ4n) is 1.13. The van der Waals surface area contributed by atoms with Gasteiger partial charge in [0, 0.05) is 5.33 Å². The molecule has 0 radical (unpaired) electrons. The van der Waals surface area contributed by atoms with Gasteiger partial charge in [-0.2, -0.15) is 0 Å². The van der Waals surface area contributed by atoms with E-state index in [0.29, 0.717) is 10.9 Å². The van der Waals surface area contributed by atoms with Crippen LogP contribution in [0.4, 0.5) is 13.2 Å². The van der Waals surface area contributed by atoms with Gasteiger partial charge in [0.25, 0.3) is 0 Å². The standard InChI is InChI=1S/C11H10BrF3/c1-2-7(6-12)3-8-4-9(13)11(15)10(14)5-8/h3-5H,2,6H2,1H3. The van der Waals surface area contributed by atoms with Crippen LogP contribution in [0.15, 0.2) is 17.7 Å². The molecule has 0 atom stereocenters. The van der Waals surface area contributed by atoms with Crippen LogP contribution < -0.4 is 0 Å². The topological polar surface area (TPSA) is 0 Å². The molecule has 82 valence electrons. The number of rotatable bonds is 3. The predicted octanol–water partition coefficient (Wildman–Crippen LogP) is 4.29. The Bertz CT molecular complexity index is 356. The molecule has 0 saturated heterocycles. The van der Waals surface area contributed by atoms with Crippen molar-refractivity contribution in [2.75, 3.05) is 5.33 Å². The van der Waals surface area contributed by atoms with Crippen molar-refractivity contribution < 1.29 is 13.2 Å². The van der Waals surface area contributed by atoms with Crippen molar-refractivity contribution in [2.45, 2.75) is 13.3 Å². The van der Waals surface area contributed by atoms with E-state index >= 15 is 0 Å².